The molecule has 0 aromatic heterocycles. The van der Waals surface area contributed by atoms with Crippen LogP contribution >= 0.6 is 0 Å². The first-order chi connectivity index (χ1) is 7.74. The summed E-state index contributed by atoms with van der Waals surface area (Å²) in [6.45, 7) is 4.09. The smallest absolute Gasteiger partial charge is 0.119 e. The highest BCUT2D eigenvalue weighted by atomic mass is 16.5. The Morgan fingerprint density at radius 1 is 1.12 bits per heavy atom. The maximum Gasteiger partial charge on any atom is 0.119 e. The molecule has 2 heteroatoms. The van der Waals surface area contributed by atoms with Crippen LogP contribution in [-0.2, 0) is 0 Å². The largest absolute Gasteiger partial charge is 0.491 e. The monoisotopic (exact) mass is 219 g/mol. The Kier molecular flexibility index (Phi) is 3.70. The van der Waals surface area contributed by atoms with Crippen LogP contribution in [-0.4, -0.2) is 12.1 Å². The second-order valence-electron chi connectivity index (χ2n) is 4.82. The van der Waals surface area contributed by atoms with Gasteiger partial charge in [-0.15, -0.1) is 0 Å². The van der Waals surface area contributed by atoms with Gasteiger partial charge < -0.3 is 10.1 Å². The van der Waals surface area contributed by atoms with Gasteiger partial charge in [0, 0.05) is 11.7 Å². The van der Waals surface area contributed by atoms with Crippen LogP contribution in [0.3, 0.4) is 0 Å². The fourth-order valence-corrected chi connectivity index (χ4v) is 2.21. The topological polar surface area (TPSA) is 21.3 Å². The molecule has 0 aliphatic heterocycles. The molecular weight excluding hydrogens is 198 g/mol. The first-order valence-electron chi connectivity index (χ1n) is 6.27. The fourth-order valence-electron chi connectivity index (χ4n) is 2.21. The molecule has 0 amide bonds. The van der Waals surface area contributed by atoms with E-state index in [2.05, 4.69) is 17.4 Å². The zero-order chi connectivity index (χ0) is 11.4. The van der Waals surface area contributed by atoms with Crippen LogP contribution in [0, 0.1) is 0 Å². The Balaban J connectivity index is 1.90. The minimum Gasteiger partial charge on any atom is -0.491 e. The molecule has 0 unspecified atom stereocenters. The van der Waals surface area contributed by atoms with Crippen molar-refractivity contribution in [2.75, 3.05) is 5.32 Å². The number of hydrogen-bond donors (Lipinski definition) is 1. The van der Waals surface area contributed by atoms with Gasteiger partial charge in [-0.3, -0.25) is 0 Å². The molecule has 88 valence electrons. The molecule has 0 radical (unpaired) electrons. The van der Waals surface area contributed by atoms with Gasteiger partial charge >= 0.3 is 0 Å². The lowest BCUT2D eigenvalue weighted by Crippen LogP contribution is -2.14. The molecule has 2 nitrogen and oxygen atoms in total. The Hall–Kier alpha value is -1.18. The molecule has 2 rings (SSSR count). The van der Waals surface area contributed by atoms with Gasteiger partial charge in [0.1, 0.15) is 5.75 Å². The Morgan fingerprint density at radius 3 is 2.31 bits per heavy atom. The van der Waals surface area contributed by atoms with Crippen molar-refractivity contribution in [3.8, 4) is 5.75 Å². The van der Waals surface area contributed by atoms with Gasteiger partial charge in [-0.05, 0) is 51.0 Å². The Morgan fingerprint density at radius 2 is 1.75 bits per heavy atom. The van der Waals surface area contributed by atoms with Crippen LogP contribution in [0.1, 0.15) is 39.5 Å². The zero-order valence-corrected chi connectivity index (χ0v) is 10.2. The van der Waals surface area contributed by atoms with Crippen molar-refractivity contribution in [3.63, 3.8) is 0 Å². The van der Waals surface area contributed by atoms with E-state index >= 15 is 0 Å². The third-order valence-corrected chi connectivity index (χ3v) is 2.95. The first-order valence-corrected chi connectivity index (χ1v) is 6.27. The summed E-state index contributed by atoms with van der Waals surface area (Å²) in [5.74, 6) is 0.951. The van der Waals surface area contributed by atoms with Gasteiger partial charge in [0.25, 0.3) is 0 Å². The predicted octanol–water partition coefficient (Wildman–Crippen LogP) is 3.83. The van der Waals surface area contributed by atoms with E-state index in [0.717, 1.165) is 5.75 Å². The molecule has 0 spiro atoms. The molecule has 0 heterocycles. The molecule has 1 saturated carbocycles. The molecule has 1 aromatic carbocycles. The molecule has 1 aromatic rings. The predicted molar refractivity (Wildman–Crippen MR) is 68.1 cm³/mol. The van der Waals surface area contributed by atoms with Gasteiger partial charge in [0.05, 0.1) is 6.10 Å². The minimum absolute atomic E-state index is 0.244. The second-order valence-corrected chi connectivity index (χ2v) is 4.82. The number of anilines is 1. The van der Waals surface area contributed by atoms with Crippen LogP contribution in [0.2, 0.25) is 0 Å². The minimum atomic E-state index is 0.244. The van der Waals surface area contributed by atoms with Crippen LogP contribution in [0.5, 0.6) is 5.75 Å². The zero-order valence-electron chi connectivity index (χ0n) is 10.2. The average Bonchev–Trinajstić information content (AvgIpc) is 2.73. The molecular formula is C14H21NO. The van der Waals surface area contributed by atoms with Crippen molar-refractivity contribution in [2.45, 2.75) is 51.7 Å². The fraction of sp³-hybridized carbons (Fsp3) is 0.571. The van der Waals surface area contributed by atoms with E-state index in [1.165, 1.54) is 31.4 Å². The molecule has 16 heavy (non-hydrogen) atoms. The van der Waals surface area contributed by atoms with Crippen LogP contribution in [0.25, 0.3) is 0 Å². The van der Waals surface area contributed by atoms with Crippen molar-refractivity contribution < 1.29 is 4.74 Å². The standard InChI is InChI=1S/C14H21NO/c1-11(2)16-14-9-7-13(8-10-14)15-12-5-3-4-6-12/h7-12,15H,3-6H2,1-2H3. The van der Waals surface area contributed by atoms with Crippen molar-refractivity contribution in [3.05, 3.63) is 24.3 Å². The quantitative estimate of drug-likeness (QED) is 0.831. The van der Waals surface area contributed by atoms with Gasteiger partial charge in [-0.25, -0.2) is 0 Å². The van der Waals surface area contributed by atoms with Crippen molar-refractivity contribution in [2.24, 2.45) is 0 Å². The van der Waals surface area contributed by atoms with E-state index in [9.17, 15) is 0 Å². The maximum atomic E-state index is 5.61. The molecule has 0 saturated heterocycles. The van der Waals surface area contributed by atoms with E-state index in [1.54, 1.807) is 0 Å². The van der Waals surface area contributed by atoms with Crippen molar-refractivity contribution in [1.29, 1.82) is 0 Å². The second kappa shape index (κ2) is 5.24. The summed E-state index contributed by atoms with van der Waals surface area (Å²) >= 11 is 0. The van der Waals surface area contributed by atoms with Gasteiger partial charge in [0.2, 0.25) is 0 Å². The average molecular weight is 219 g/mol. The summed E-state index contributed by atoms with van der Waals surface area (Å²) in [4.78, 5) is 0. The van der Waals surface area contributed by atoms with E-state index in [4.69, 9.17) is 4.74 Å². The molecule has 1 fully saturated rings. The molecule has 0 atom stereocenters. The third-order valence-electron chi connectivity index (χ3n) is 2.95. The number of ether oxygens (including phenoxy) is 1. The third kappa shape index (κ3) is 3.16. The van der Waals surface area contributed by atoms with Crippen LogP contribution in [0.4, 0.5) is 5.69 Å². The number of hydrogen-bond acceptors (Lipinski definition) is 2. The van der Waals surface area contributed by atoms with E-state index in [0.29, 0.717) is 6.04 Å². The number of benzene rings is 1. The lowest BCUT2D eigenvalue weighted by atomic mass is 10.2. The normalized spacial score (nSPS) is 16.7. The lowest BCUT2D eigenvalue weighted by molar-refractivity contribution is 0.242. The summed E-state index contributed by atoms with van der Waals surface area (Å²) < 4.78 is 5.61. The maximum absolute atomic E-state index is 5.61. The molecule has 0 bridgehead atoms. The Bertz CT molecular complexity index is 312. The van der Waals surface area contributed by atoms with E-state index in [1.807, 2.05) is 26.0 Å². The van der Waals surface area contributed by atoms with Gasteiger partial charge in [-0.1, -0.05) is 12.8 Å². The van der Waals surface area contributed by atoms with Gasteiger partial charge in [-0.2, -0.15) is 0 Å². The molecule has 1 aliphatic rings. The highest BCUT2D eigenvalue weighted by Gasteiger charge is 2.14. The van der Waals surface area contributed by atoms with Crippen molar-refractivity contribution >= 4 is 5.69 Å². The van der Waals surface area contributed by atoms with E-state index < -0.39 is 0 Å². The van der Waals surface area contributed by atoms with Crippen LogP contribution < -0.4 is 10.1 Å². The summed E-state index contributed by atoms with van der Waals surface area (Å²) in [6, 6.07) is 8.97. The van der Waals surface area contributed by atoms with Crippen LogP contribution in [0.15, 0.2) is 24.3 Å². The number of nitrogens with one attached hydrogen (secondary N) is 1. The summed E-state index contributed by atoms with van der Waals surface area (Å²) in [6.07, 6.45) is 5.60. The number of rotatable bonds is 4. The van der Waals surface area contributed by atoms with E-state index in [-0.39, 0.29) is 6.10 Å². The molecule has 1 N–H and O–H groups in total. The van der Waals surface area contributed by atoms with Gasteiger partial charge in [0.15, 0.2) is 0 Å². The highest BCUT2D eigenvalue weighted by Crippen LogP contribution is 2.23. The summed E-state index contributed by atoms with van der Waals surface area (Å²) in [7, 11) is 0. The summed E-state index contributed by atoms with van der Waals surface area (Å²) in [5.41, 5.74) is 1.21. The Labute approximate surface area is 98.0 Å². The molecule has 1 aliphatic carbocycles. The first kappa shape index (κ1) is 11.3. The highest BCUT2D eigenvalue weighted by molar-refractivity contribution is 5.47. The SMILES string of the molecule is CC(C)Oc1ccc(NC2CCCC2)cc1. The summed E-state index contributed by atoms with van der Waals surface area (Å²) in [5, 5.41) is 3.57. The van der Waals surface area contributed by atoms with Crippen molar-refractivity contribution in [1.82, 2.24) is 0 Å². The lowest BCUT2D eigenvalue weighted by Gasteiger charge is -2.14.